The van der Waals surface area contributed by atoms with Gasteiger partial charge in [-0.3, -0.25) is 4.98 Å². The highest BCUT2D eigenvalue weighted by molar-refractivity contribution is 6.76. The maximum Gasteiger partial charge on any atom is 0.434 e. The van der Waals surface area contributed by atoms with Crippen LogP contribution in [0.25, 0.3) is 22.6 Å². The van der Waals surface area contributed by atoms with Crippen molar-refractivity contribution in [3.8, 4) is 28.4 Å². The fourth-order valence-electron chi connectivity index (χ4n) is 2.75. The molecule has 0 amide bonds. The smallest absolute Gasteiger partial charge is 0.434 e. The quantitative estimate of drug-likeness (QED) is 0.385. The van der Waals surface area contributed by atoms with Crippen LogP contribution in [0.4, 0.5) is 13.2 Å². The van der Waals surface area contributed by atoms with Gasteiger partial charge in [-0.05, 0) is 29.8 Å². The number of hydrogen-bond acceptors (Lipinski definition) is 4. The third-order valence-electron chi connectivity index (χ3n) is 4.49. The summed E-state index contributed by atoms with van der Waals surface area (Å²) in [6.07, 6.45) is -2.02. The Morgan fingerprint density at radius 3 is 2.27 bits per heavy atom. The molecule has 3 rings (SSSR count). The van der Waals surface area contributed by atoms with Gasteiger partial charge in [0.1, 0.15) is 18.2 Å². The van der Waals surface area contributed by atoms with Crippen LogP contribution in [0, 0.1) is 0 Å². The fourth-order valence-corrected chi connectivity index (χ4v) is 3.50. The molecule has 2 heterocycles. The highest BCUT2D eigenvalue weighted by Crippen LogP contribution is 2.31. The Balaban J connectivity index is 1.84. The lowest BCUT2D eigenvalue weighted by molar-refractivity contribution is -0.141. The third kappa shape index (κ3) is 5.70. The van der Waals surface area contributed by atoms with Crippen molar-refractivity contribution in [3.63, 3.8) is 0 Å². The summed E-state index contributed by atoms with van der Waals surface area (Å²) in [7, 11) is -1.30. The Kier molecular flexibility index (Phi) is 6.32. The van der Waals surface area contributed by atoms with Crippen molar-refractivity contribution in [1.82, 2.24) is 14.5 Å². The molecule has 0 fully saturated rings. The van der Waals surface area contributed by atoms with E-state index in [0.717, 1.165) is 23.4 Å². The van der Waals surface area contributed by atoms with Gasteiger partial charge in [0.05, 0.1) is 0 Å². The number of pyridine rings is 1. The van der Waals surface area contributed by atoms with Gasteiger partial charge in [0, 0.05) is 32.6 Å². The van der Waals surface area contributed by atoms with Crippen molar-refractivity contribution >= 4 is 8.07 Å². The van der Waals surface area contributed by atoms with Crippen molar-refractivity contribution in [3.05, 3.63) is 54.5 Å². The van der Waals surface area contributed by atoms with Crippen molar-refractivity contribution in [2.24, 2.45) is 0 Å². The highest BCUT2D eigenvalue weighted by Gasteiger charge is 2.35. The van der Waals surface area contributed by atoms with E-state index in [1.54, 1.807) is 42.6 Å². The molecule has 30 heavy (non-hydrogen) atoms. The van der Waals surface area contributed by atoms with Crippen molar-refractivity contribution in [2.45, 2.75) is 38.6 Å². The van der Waals surface area contributed by atoms with E-state index in [0.29, 0.717) is 12.3 Å². The zero-order valence-electron chi connectivity index (χ0n) is 17.1. The average Bonchev–Trinajstić information content (AvgIpc) is 3.10. The summed E-state index contributed by atoms with van der Waals surface area (Å²) in [6, 6.07) is 10.9. The van der Waals surface area contributed by atoms with Gasteiger partial charge in [-0.1, -0.05) is 37.8 Å². The molecule has 0 aliphatic heterocycles. The van der Waals surface area contributed by atoms with Crippen molar-refractivity contribution in [1.29, 1.82) is 0 Å². The minimum absolute atomic E-state index is 0.0235. The second kappa shape index (κ2) is 8.61. The van der Waals surface area contributed by atoms with Crippen LogP contribution in [0.15, 0.2) is 48.8 Å². The van der Waals surface area contributed by atoms with Crippen LogP contribution in [-0.4, -0.2) is 34.3 Å². The number of phenolic OH excluding ortho intramolecular Hbond substituents is 1. The van der Waals surface area contributed by atoms with Gasteiger partial charge in [-0.2, -0.15) is 13.2 Å². The summed E-state index contributed by atoms with van der Waals surface area (Å²) in [6.45, 7) is 7.09. The van der Waals surface area contributed by atoms with Crippen LogP contribution in [0.1, 0.15) is 5.69 Å². The van der Waals surface area contributed by atoms with E-state index in [4.69, 9.17) is 4.74 Å². The first kappa shape index (κ1) is 22.0. The Bertz CT molecular complexity index is 979. The van der Waals surface area contributed by atoms with Crippen LogP contribution in [0.2, 0.25) is 25.7 Å². The maximum absolute atomic E-state index is 13.2. The lowest BCUT2D eigenvalue weighted by atomic mass is 10.1. The van der Waals surface area contributed by atoms with E-state index in [9.17, 15) is 18.3 Å². The molecule has 0 aliphatic rings. The Morgan fingerprint density at radius 1 is 1.03 bits per heavy atom. The number of rotatable bonds is 7. The van der Waals surface area contributed by atoms with Gasteiger partial charge in [0.25, 0.3) is 0 Å². The summed E-state index contributed by atoms with van der Waals surface area (Å²) in [4.78, 5) is 8.07. The van der Waals surface area contributed by atoms with E-state index in [-0.39, 0.29) is 18.3 Å². The molecular weight excluding hydrogens is 411 g/mol. The summed E-state index contributed by atoms with van der Waals surface area (Å²) in [5, 5.41) is 9.40. The number of hydrogen-bond donors (Lipinski definition) is 1. The second-order valence-corrected chi connectivity index (χ2v) is 13.9. The van der Waals surface area contributed by atoms with Crippen molar-refractivity contribution in [2.75, 3.05) is 6.61 Å². The highest BCUT2D eigenvalue weighted by atomic mass is 28.3. The maximum atomic E-state index is 13.2. The largest absolute Gasteiger partial charge is 0.508 e. The first-order valence-corrected chi connectivity index (χ1v) is 13.2. The van der Waals surface area contributed by atoms with Crippen LogP contribution in [0.3, 0.4) is 0 Å². The zero-order chi connectivity index (χ0) is 21.9. The van der Waals surface area contributed by atoms with E-state index in [2.05, 4.69) is 29.6 Å². The minimum atomic E-state index is -4.55. The van der Waals surface area contributed by atoms with Crippen LogP contribution in [0.5, 0.6) is 5.75 Å². The molecule has 0 unspecified atom stereocenters. The molecule has 160 valence electrons. The number of benzene rings is 1. The number of halogens is 3. The van der Waals surface area contributed by atoms with E-state index >= 15 is 0 Å². The molecule has 0 radical (unpaired) electrons. The SMILES string of the molecule is C[Si](C)(C)CCOCn1cc(C(F)(F)F)nc1-c1ccc(-c2ccc(O)cc2)cn1. The predicted molar refractivity (Wildman–Crippen MR) is 112 cm³/mol. The molecule has 0 aliphatic carbocycles. The standard InChI is InChI=1S/C21H24F3N3O2Si/c1-30(2,3)11-10-29-14-27-13-19(21(22,23)24)26-20(27)18-9-6-16(12-25-18)15-4-7-17(28)8-5-15/h4-9,12-13,28H,10-11,14H2,1-3H3. The second-order valence-electron chi connectivity index (χ2n) is 8.24. The lowest BCUT2D eigenvalue weighted by Crippen LogP contribution is -2.22. The number of imidazole rings is 1. The van der Waals surface area contributed by atoms with E-state index in [1.165, 1.54) is 4.57 Å². The first-order valence-electron chi connectivity index (χ1n) is 9.51. The Morgan fingerprint density at radius 2 is 1.70 bits per heavy atom. The normalized spacial score (nSPS) is 12.3. The number of alkyl halides is 3. The molecule has 0 saturated heterocycles. The number of aromatic hydroxyl groups is 1. The van der Waals surface area contributed by atoms with Gasteiger partial charge < -0.3 is 14.4 Å². The molecule has 1 aromatic carbocycles. The summed E-state index contributed by atoms with van der Waals surface area (Å²) in [5.74, 6) is 0.256. The molecule has 0 atom stereocenters. The number of phenols is 1. The number of nitrogens with zero attached hydrogens (tertiary/aromatic N) is 3. The predicted octanol–water partition coefficient (Wildman–Crippen LogP) is 5.65. The average molecular weight is 436 g/mol. The van der Waals surface area contributed by atoms with Gasteiger partial charge in [-0.15, -0.1) is 0 Å². The summed E-state index contributed by atoms with van der Waals surface area (Å²) < 4.78 is 46.6. The monoisotopic (exact) mass is 435 g/mol. The van der Waals surface area contributed by atoms with Crippen LogP contribution >= 0.6 is 0 Å². The molecule has 5 nitrogen and oxygen atoms in total. The van der Waals surface area contributed by atoms with Crippen molar-refractivity contribution < 1.29 is 23.0 Å². The van der Waals surface area contributed by atoms with Gasteiger partial charge in [0.15, 0.2) is 11.5 Å². The molecule has 1 N–H and O–H groups in total. The summed E-state index contributed by atoms with van der Waals surface area (Å²) in [5.41, 5.74) is 0.956. The van der Waals surface area contributed by atoms with Gasteiger partial charge in [0.2, 0.25) is 0 Å². The molecule has 0 saturated carbocycles. The molecule has 3 aromatic rings. The van der Waals surface area contributed by atoms with Gasteiger partial charge in [-0.25, -0.2) is 4.98 Å². The fraction of sp³-hybridized carbons (Fsp3) is 0.333. The molecule has 0 spiro atoms. The van der Waals surface area contributed by atoms with E-state index in [1.807, 2.05) is 0 Å². The molecule has 9 heteroatoms. The first-order chi connectivity index (χ1) is 14.0. The molecule has 2 aromatic heterocycles. The third-order valence-corrected chi connectivity index (χ3v) is 6.19. The summed E-state index contributed by atoms with van der Waals surface area (Å²) >= 11 is 0. The Hall–Kier alpha value is -2.65. The molecular formula is C21H24F3N3O2Si. The Labute approximate surface area is 174 Å². The zero-order valence-corrected chi connectivity index (χ0v) is 18.1. The van der Waals surface area contributed by atoms with Gasteiger partial charge >= 0.3 is 6.18 Å². The van der Waals surface area contributed by atoms with E-state index < -0.39 is 19.9 Å². The van der Waals surface area contributed by atoms with Crippen LogP contribution in [-0.2, 0) is 17.6 Å². The topological polar surface area (TPSA) is 60.2 Å². The van der Waals surface area contributed by atoms with Crippen LogP contribution < -0.4 is 0 Å². The minimum Gasteiger partial charge on any atom is -0.508 e. The number of aromatic nitrogens is 3. The molecule has 0 bridgehead atoms. The number of ether oxygens (including phenoxy) is 1. The lowest BCUT2D eigenvalue weighted by Gasteiger charge is -2.16.